The Balaban J connectivity index is 2.01. The fourth-order valence-electron chi connectivity index (χ4n) is 3.02. The summed E-state index contributed by atoms with van der Waals surface area (Å²) in [5.41, 5.74) is 2.56. The van der Waals surface area contributed by atoms with E-state index in [1.54, 1.807) is 42.6 Å². The second kappa shape index (κ2) is 8.71. The second-order valence-corrected chi connectivity index (χ2v) is 7.06. The molecule has 0 bridgehead atoms. The van der Waals surface area contributed by atoms with E-state index in [-0.39, 0.29) is 5.69 Å². The third-order valence-corrected chi connectivity index (χ3v) is 4.58. The highest BCUT2D eigenvalue weighted by atomic mass is 19.4. The zero-order chi connectivity index (χ0) is 22.8. The Morgan fingerprint density at radius 2 is 2.06 bits per heavy atom. The Labute approximate surface area is 178 Å². The zero-order valence-electron chi connectivity index (χ0n) is 17.8. The van der Waals surface area contributed by atoms with Gasteiger partial charge >= 0.3 is 6.18 Å². The second-order valence-electron chi connectivity index (χ2n) is 7.06. The summed E-state index contributed by atoms with van der Waals surface area (Å²) in [6, 6.07) is 6.32. The van der Waals surface area contributed by atoms with Crippen molar-refractivity contribution in [3.8, 4) is 5.75 Å². The van der Waals surface area contributed by atoms with Crippen LogP contribution < -0.4 is 15.0 Å². The van der Waals surface area contributed by atoms with E-state index in [0.717, 1.165) is 18.0 Å². The van der Waals surface area contributed by atoms with Crippen LogP contribution in [0.5, 0.6) is 5.75 Å². The van der Waals surface area contributed by atoms with Gasteiger partial charge in [0.25, 0.3) is 0 Å². The van der Waals surface area contributed by atoms with Crippen molar-refractivity contribution >= 4 is 29.0 Å². The first-order valence-electron chi connectivity index (χ1n) is 9.58. The van der Waals surface area contributed by atoms with Crippen molar-refractivity contribution in [2.45, 2.75) is 26.4 Å². The molecule has 2 heterocycles. The number of aromatic nitrogens is 2. The first-order chi connectivity index (χ1) is 14.6. The lowest BCUT2D eigenvalue weighted by Crippen LogP contribution is -2.15. The number of anilines is 3. The summed E-state index contributed by atoms with van der Waals surface area (Å²) < 4.78 is 47.1. The largest absolute Gasteiger partial charge is 0.494 e. The van der Waals surface area contributed by atoms with Gasteiger partial charge in [-0.2, -0.15) is 13.2 Å². The number of aryl methyl sites for hydroxylation is 1. The van der Waals surface area contributed by atoms with Gasteiger partial charge < -0.3 is 19.4 Å². The third-order valence-electron chi connectivity index (χ3n) is 4.58. The molecule has 6 nitrogen and oxygen atoms in total. The van der Waals surface area contributed by atoms with Crippen molar-refractivity contribution in [2.24, 2.45) is 4.99 Å². The molecule has 3 rings (SSSR count). The van der Waals surface area contributed by atoms with Crippen LogP contribution in [-0.2, 0) is 12.6 Å². The number of halogens is 3. The third kappa shape index (κ3) is 4.99. The minimum Gasteiger partial charge on any atom is -0.494 e. The van der Waals surface area contributed by atoms with E-state index in [4.69, 9.17) is 4.74 Å². The molecule has 31 heavy (non-hydrogen) atoms. The summed E-state index contributed by atoms with van der Waals surface area (Å²) in [4.78, 5) is 10.4. The molecule has 0 amide bonds. The number of pyridine rings is 1. The Kier molecular flexibility index (Phi) is 6.24. The highest BCUT2D eigenvalue weighted by Gasteiger charge is 2.32. The molecule has 0 fully saturated rings. The molecule has 3 aromatic rings. The van der Waals surface area contributed by atoms with E-state index < -0.39 is 11.7 Å². The molecule has 9 heteroatoms. The lowest BCUT2D eigenvalue weighted by Gasteiger charge is -2.19. The van der Waals surface area contributed by atoms with Crippen LogP contribution in [0, 0.1) is 0 Å². The van der Waals surface area contributed by atoms with E-state index >= 15 is 0 Å². The molecule has 164 valence electrons. The van der Waals surface area contributed by atoms with Crippen LogP contribution in [0.25, 0.3) is 5.65 Å². The molecule has 2 aromatic heterocycles. The summed E-state index contributed by atoms with van der Waals surface area (Å²) in [5, 5.41) is 3.06. The number of fused-ring (bicyclic) bond motifs is 1. The number of ether oxygens (including phenoxy) is 1. The van der Waals surface area contributed by atoms with Crippen LogP contribution >= 0.6 is 0 Å². The molecule has 0 aliphatic rings. The fourth-order valence-corrected chi connectivity index (χ4v) is 3.02. The van der Waals surface area contributed by atoms with Gasteiger partial charge in [-0.25, -0.2) is 9.98 Å². The lowest BCUT2D eigenvalue weighted by atomic mass is 10.2. The number of rotatable bonds is 7. The van der Waals surface area contributed by atoms with Gasteiger partial charge in [0.05, 0.1) is 36.1 Å². The molecule has 0 saturated carbocycles. The van der Waals surface area contributed by atoms with Crippen LogP contribution in [-0.4, -0.2) is 29.9 Å². The molecule has 0 aliphatic heterocycles. The zero-order valence-corrected chi connectivity index (χ0v) is 17.8. The minimum absolute atomic E-state index is 0.251. The maximum atomic E-state index is 13.4. The van der Waals surface area contributed by atoms with E-state index in [2.05, 4.69) is 21.9 Å². The maximum Gasteiger partial charge on any atom is 0.417 e. The summed E-state index contributed by atoms with van der Waals surface area (Å²) in [7, 11) is 3.33. The van der Waals surface area contributed by atoms with Crippen molar-refractivity contribution in [1.82, 2.24) is 9.38 Å². The molecule has 1 N–H and O–H groups in total. The molecule has 0 atom stereocenters. The van der Waals surface area contributed by atoms with Gasteiger partial charge in [0, 0.05) is 36.9 Å². The van der Waals surface area contributed by atoms with E-state index in [0.29, 0.717) is 34.9 Å². The molecule has 1 aromatic carbocycles. The van der Waals surface area contributed by atoms with Crippen molar-refractivity contribution in [3.05, 3.63) is 60.2 Å². The Hall–Kier alpha value is -3.49. The summed E-state index contributed by atoms with van der Waals surface area (Å²) in [6.45, 7) is 7.41. The minimum atomic E-state index is -4.48. The number of allylic oxidation sites excluding steroid dienone is 1. The van der Waals surface area contributed by atoms with Crippen LogP contribution in [0.15, 0.2) is 53.9 Å². The van der Waals surface area contributed by atoms with Crippen LogP contribution in [0.4, 0.5) is 30.2 Å². The van der Waals surface area contributed by atoms with E-state index in [1.807, 2.05) is 14.0 Å². The average Bonchev–Trinajstić information content (AvgIpc) is 3.15. The van der Waals surface area contributed by atoms with Crippen molar-refractivity contribution in [2.75, 3.05) is 24.4 Å². The predicted molar refractivity (Wildman–Crippen MR) is 118 cm³/mol. The lowest BCUT2D eigenvalue weighted by molar-refractivity contribution is -0.137. The van der Waals surface area contributed by atoms with Gasteiger partial charge in [-0.15, -0.1) is 0 Å². The Morgan fingerprint density at radius 3 is 2.68 bits per heavy atom. The highest BCUT2D eigenvalue weighted by Crippen LogP contribution is 2.35. The number of aliphatic imine (C=N–C) groups is 1. The number of hydrogen-bond acceptors (Lipinski definition) is 4. The predicted octanol–water partition coefficient (Wildman–Crippen LogP) is 5.67. The monoisotopic (exact) mass is 431 g/mol. The topological polar surface area (TPSA) is 54.2 Å². The number of nitrogens with zero attached hydrogens (tertiary/aromatic N) is 4. The fraction of sp³-hybridized carbons (Fsp3) is 0.273. The highest BCUT2D eigenvalue weighted by molar-refractivity contribution is 5.84. The molecule has 0 saturated heterocycles. The molecular formula is C22H24F3N5O. The van der Waals surface area contributed by atoms with E-state index in [9.17, 15) is 13.2 Å². The molecule has 0 radical (unpaired) electrons. The maximum absolute atomic E-state index is 13.4. The number of benzene rings is 1. The standard InChI is InChI=1S/C22H24F3N5O/c1-6-16-12-30-11-15(22(23,24)25)9-18(21(30)28-16)27-17-7-8-19(20(10-17)31-5)29(4)13-26-14(2)3/h7-13,27H,2,6H2,1,3-5H3. The van der Waals surface area contributed by atoms with Gasteiger partial charge in [-0.05, 0) is 31.5 Å². The number of methoxy groups -OCH3 is 1. The van der Waals surface area contributed by atoms with Gasteiger partial charge in [-0.3, -0.25) is 0 Å². The summed E-state index contributed by atoms with van der Waals surface area (Å²) in [6.07, 6.45) is 0.402. The average molecular weight is 431 g/mol. The van der Waals surface area contributed by atoms with Gasteiger partial charge in [0.2, 0.25) is 0 Å². The van der Waals surface area contributed by atoms with Gasteiger partial charge in [0.15, 0.2) is 5.65 Å². The summed E-state index contributed by atoms with van der Waals surface area (Å²) in [5.74, 6) is 0.529. The Bertz CT molecular complexity index is 1130. The normalized spacial score (nSPS) is 11.8. The molecule has 0 spiro atoms. The number of alkyl halides is 3. The van der Waals surface area contributed by atoms with Crippen LogP contribution in [0.2, 0.25) is 0 Å². The van der Waals surface area contributed by atoms with Crippen molar-refractivity contribution in [1.29, 1.82) is 0 Å². The molecule has 0 aliphatic carbocycles. The van der Waals surface area contributed by atoms with Gasteiger partial charge in [-0.1, -0.05) is 13.5 Å². The number of imidazole rings is 1. The van der Waals surface area contributed by atoms with Crippen LogP contribution in [0.3, 0.4) is 0 Å². The molecular weight excluding hydrogens is 407 g/mol. The van der Waals surface area contributed by atoms with Gasteiger partial charge in [0.1, 0.15) is 5.75 Å². The smallest absolute Gasteiger partial charge is 0.417 e. The first kappa shape index (κ1) is 22.2. The van der Waals surface area contributed by atoms with Crippen LogP contribution in [0.1, 0.15) is 25.1 Å². The summed E-state index contributed by atoms with van der Waals surface area (Å²) >= 11 is 0. The SMILES string of the molecule is C=C(C)N=CN(C)c1ccc(Nc2cc(C(F)(F)F)cn3cc(CC)nc23)cc1OC. The number of hydrogen-bond donors (Lipinski definition) is 1. The Morgan fingerprint density at radius 1 is 1.32 bits per heavy atom. The molecule has 0 unspecified atom stereocenters. The quantitative estimate of drug-likeness (QED) is 0.387. The van der Waals surface area contributed by atoms with E-state index in [1.165, 1.54) is 11.5 Å². The van der Waals surface area contributed by atoms with Crippen molar-refractivity contribution in [3.63, 3.8) is 0 Å². The van der Waals surface area contributed by atoms with Crippen molar-refractivity contribution < 1.29 is 17.9 Å². The first-order valence-corrected chi connectivity index (χ1v) is 9.58. The number of nitrogens with one attached hydrogen (secondary N) is 1.